The fourth-order valence-corrected chi connectivity index (χ4v) is 2.62. The standard InChI is InChI=1S/C18H17ClN2O4/c1-10-7-12(19)3-5-15(10)25-11(2)18(23)20-13-4-6-16-14(8-13)21-17(22)9-24-16/h3-8,11H,9H2,1-2H3,(H,20,23)(H,21,22). The maximum atomic E-state index is 12.3. The van der Waals surface area contributed by atoms with Crippen LogP contribution in [0, 0.1) is 6.92 Å². The molecule has 1 aliphatic rings. The van der Waals surface area contributed by atoms with Crippen LogP contribution in [0.3, 0.4) is 0 Å². The highest BCUT2D eigenvalue weighted by atomic mass is 35.5. The first-order chi connectivity index (χ1) is 11.9. The lowest BCUT2D eigenvalue weighted by Gasteiger charge is -2.20. The number of halogens is 1. The minimum absolute atomic E-state index is 0.00990. The first-order valence-electron chi connectivity index (χ1n) is 7.73. The largest absolute Gasteiger partial charge is 0.482 e. The van der Waals surface area contributed by atoms with Gasteiger partial charge >= 0.3 is 0 Å². The summed E-state index contributed by atoms with van der Waals surface area (Å²) in [6.45, 7) is 3.51. The van der Waals surface area contributed by atoms with Crippen molar-refractivity contribution in [1.82, 2.24) is 0 Å². The van der Waals surface area contributed by atoms with Gasteiger partial charge in [-0.2, -0.15) is 0 Å². The van der Waals surface area contributed by atoms with Gasteiger partial charge < -0.3 is 20.1 Å². The lowest BCUT2D eigenvalue weighted by Crippen LogP contribution is -2.30. The van der Waals surface area contributed by atoms with Crippen LogP contribution in [0.4, 0.5) is 11.4 Å². The monoisotopic (exact) mass is 360 g/mol. The first kappa shape index (κ1) is 17.1. The molecule has 1 unspecified atom stereocenters. The summed E-state index contributed by atoms with van der Waals surface area (Å²) in [7, 11) is 0. The Bertz CT molecular complexity index is 838. The smallest absolute Gasteiger partial charge is 0.265 e. The lowest BCUT2D eigenvalue weighted by atomic mass is 10.2. The second-order valence-corrected chi connectivity index (χ2v) is 6.14. The third-order valence-corrected chi connectivity index (χ3v) is 3.93. The van der Waals surface area contributed by atoms with E-state index in [0.717, 1.165) is 5.56 Å². The van der Waals surface area contributed by atoms with Crippen molar-refractivity contribution in [2.45, 2.75) is 20.0 Å². The minimum atomic E-state index is -0.707. The van der Waals surface area contributed by atoms with Crippen molar-refractivity contribution in [1.29, 1.82) is 0 Å². The van der Waals surface area contributed by atoms with Crippen molar-refractivity contribution in [3.05, 3.63) is 47.0 Å². The molecule has 1 aliphatic heterocycles. The van der Waals surface area contributed by atoms with E-state index >= 15 is 0 Å². The Hall–Kier alpha value is -2.73. The van der Waals surface area contributed by atoms with E-state index in [0.29, 0.717) is 27.9 Å². The van der Waals surface area contributed by atoms with E-state index < -0.39 is 6.10 Å². The average molecular weight is 361 g/mol. The second kappa shape index (κ2) is 7.03. The molecule has 2 N–H and O–H groups in total. The molecule has 0 saturated carbocycles. The Morgan fingerprint density at radius 1 is 1.32 bits per heavy atom. The van der Waals surface area contributed by atoms with Crippen molar-refractivity contribution in [3.8, 4) is 11.5 Å². The number of carbonyl (C=O) groups is 2. The summed E-state index contributed by atoms with van der Waals surface area (Å²) in [6, 6.07) is 10.2. The van der Waals surface area contributed by atoms with Crippen molar-refractivity contribution < 1.29 is 19.1 Å². The third kappa shape index (κ3) is 4.03. The molecule has 0 radical (unpaired) electrons. The number of ether oxygens (including phenoxy) is 2. The SMILES string of the molecule is Cc1cc(Cl)ccc1OC(C)C(=O)Nc1ccc2c(c1)NC(=O)CO2. The molecule has 6 nitrogen and oxygen atoms in total. The molecule has 2 amide bonds. The van der Waals surface area contributed by atoms with Gasteiger partial charge in [-0.05, 0) is 55.8 Å². The van der Waals surface area contributed by atoms with E-state index in [1.54, 1.807) is 43.3 Å². The maximum absolute atomic E-state index is 12.3. The van der Waals surface area contributed by atoms with Crippen LogP contribution in [-0.2, 0) is 9.59 Å². The fourth-order valence-electron chi connectivity index (χ4n) is 2.39. The highest BCUT2D eigenvalue weighted by Gasteiger charge is 2.19. The van der Waals surface area contributed by atoms with Crippen molar-refractivity contribution >= 4 is 34.8 Å². The highest BCUT2D eigenvalue weighted by Crippen LogP contribution is 2.30. The van der Waals surface area contributed by atoms with Crippen LogP contribution >= 0.6 is 11.6 Å². The number of rotatable bonds is 4. The number of hydrogen-bond acceptors (Lipinski definition) is 4. The van der Waals surface area contributed by atoms with Gasteiger partial charge in [-0.3, -0.25) is 9.59 Å². The van der Waals surface area contributed by atoms with Crippen LogP contribution in [-0.4, -0.2) is 24.5 Å². The molecule has 0 fully saturated rings. The quantitative estimate of drug-likeness (QED) is 0.876. The normalized spacial score (nSPS) is 14.0. The molecule has 2 aromatic rings. The second-order valence-electron chi connectivity index (χ2n) is 5.71. The predicted octanol–water partition coefficient (Wildman–Crippen LogP) is 3.39. The zero-order chi connectivity index (χ0) is 18.0. The Balaban J connectivity index is 1.67. The van der Waals surface area contributed by atoms with Crippen LogP contribution in [0.5, 0.6) is 11.5 Å². The van der Waals surface area contributed by atoms with E-state index in [9.17, 15) is 9.59 Å². The molecule has 7 heteroatoms. The zero-order valence-corrected chi connectivity index (χ0v) is 14.5. The van der Waals surface area contributed by atoms with Crippen LogP contribution in [0.15, 0.2) is 36.4 Å². The van der Waals surface area contributed by atoms with Gasteiger partial charge in [0.05, 0.1) is 5.69 Å². The van der Waals surface area contributed by atoms with Crippen LogP contribution in [0.25, 0.3) is 0 Å². The molecular formula is C18H17ClN2O4. The molecule has 0 bridgehead atoms. The van der Waals surface area contributed by atoms with E-state index in [-0.39, 0.29) is 18.4 Å². The predicted molar refractivity (Wildman–Crippen MR) is 95.5 cm³/mol. The molecule has 0 aliphatic carbocycles. The number of nitrogens with one attached hydrogen (secondary N) is 2. The van der Waals surface area contributed by atoms with Gasteiger partial charge in [-0.25, -0.2) is 0 Å². The summed E-state index contributed by atoms with van der Waals surface area (Å²) in [5.74, 6) is 0.625. The molecule has 0 aromatic heterocycles. The van der Waals surface area contributed by atoms with E-state index in [1.807, 2.05) is 6.92 Å². The molecule has 25 heavy (non-hydrogen) atoms. The highest BCUT2D eigenvalue weighted by molar-refractivity contribution is 6.30. The van der Waals surface area contributed by atoms with Gasteiger partial charge in [0, 0.05) is 10.7 Å². The van der Waals surface area contributed by atoms with Crippen molar-refractivity contribution in [2.24, 2.45) is 0 Å². The summed E-state index contributed by atoms with van der Waals surface area (Å²) >= 11 is 5.92. The Kier molecular flexibility index (Phi) is 4.81. The van der Waals surface area contributed by atoms with Gasteiger partial charge in [0.25, 0.3) is 11.8 Å². The van der Waals surface area contributed by atoms with Gasteiger partial charge in [0.1, 0.15) is 11.5 Å². The summed E-state index contributed by atoms with van der Waals surface area (Å²) in [4.78, 5) is 23.7. The summed E-state index contributed by atoms with van der Waals surface area (Å²) in [5, 5.41) is 6.07. The summed E-state index contributed by atoms with van der Waals surface area (Å²) < 4.78 is 11.0. The van der Waals surface area contributed by atoms with Gasteiger partial charge in [-0.15, -0.1) is 0 Å². The minimum Gasteiger partial charge on any atom is -0.482 e. The number of amides is 2. The summed E-state index contributed by atoms with van der Waals surface area (Å²) in [5.41, 5.74) is 1.91. The number of aryl methyl sites for hydroxylation is 1. The molecule has 0 spiro atoms. The first-order valence-corrected chi connectivity index (χ1v) is 8.10. The summed E-state index contributed by atoms with van der Waals surface area (Å²) in [6.07, 6.45) is -0.707. The number of fused-ring (bicyclic) bond motifs is 1. The van der Waals surface area contributed by atoms with Crippen LogP contribution < -0.4 is 20.1 Å². The molecule has 2 aromatic carbocycles. The molecule has 3 rings (SSSR count). The van der Waals surface area contributed by atoms with Crippen molar-refractivity contribution in [3.63, 3.8) is 0 Å². The third-order valence-electron chi connectivity index (χ3n) is 3.69. The van der Waals surface area contributed by atoms with Gasteiger partial charge in [0.15, 0.2) is 12.7 Å². The van der Waals surface area contributed by atoms with E-state index in [2.05, 4.69) is 10.6 Å². The topological polar surface area (TPSA) is 76.7 Å². The Morgan fingerprint density at radius 2 is 2.12 bits per heavy atom. The Labute approximate surface area is 150 Å². The van der Waals surface area contributed by atoms with Gasteiger partial charge in [-0.1, -0.05) is 11.6 Å². The molecule has 1 atom stereocenters. The average Bonchev–Trinajstić information content (AvgIpc) is 2.57. The number of anilines is 2. The van der Waals surface area contributed by atoms with Crippen LogP contribution in [0.2, 0.25) is 5.02 Å². The van der Waals surface area contributed by atoms with Crippen molar-refractivity contribution in [2.75, 3.05) is 17.2 Å². The number of hydrogen-bond donors (Lipinski definition) is 2. The molecular weight excluding hydrogens is 344 g/mol. The molecule has 1 heterocycles. The Morgan fingerprint density at radius 3 is 2.88 bits per heavy atom. The van der Waals surface area contributed by atoms with Crippen LogP contribution in [0.1, 0.15) is 12.5 Å². The maximum Gasteiger partial charge on any atom is 0.265 e. The molecule has 130 valence electrons. The van der Waals surface area contributed by atoms with E-state index in [1.165, 1.54) is 0 Å². The zero-order valence-electron chi connectivity index (χ0n) is 13.8. The number of benzene rings is 2. The molecule has 0 saturated heterocycles. The fraction of sp³-hybridized carbons (Fsp3) is 0.222. The number of carbonyl (C=O) groups excluding carboxylic acids is 2. The van der Waals surface area contributed by atoms with E-state index in [4.69, 9.17) is 21.1 Å². The lowest BCUT2D eigenvalue weighted by molar-refractivity contribution is -0.122. The van der Waals surface area contributed by atoms with Gasteiger partial charge in [0.2, 0.25) is 0 Å².